The lowest BCUT2D eigenvalue weighted by Gasteiger charge is -2.20. The van der Waals surface area contributed by atoms with Crippen LogP contribution >= 0.6 is 0 Å². The number of nitrogens with one attached hydrogen (secondary N) is 1. The lowest BCUT2D eigenvalue weighted by atomic mass is 10.1. The normalized spacial score (nSPS) is 14.3. The quantitative estimate of drug-likeness (QED) is 0.840. The molecule has 2 heterocycles. The van der Waals surface area contributed by atoms with E-state index >= 15 is 0 Å². The number of nitrogens with zero attached hydrogens (tertiary/aromatic N) is 2. The summed E-state index contributed by atoms with van der Waals surface area (Å²) in [7, 11) is 0. The Morgan fingerprint density at radius 2 is 1.70 bits per heavy atom. The molecule has 2 aromatic rings. The van der Waals surface area contributed by atoms with Gasteiger partial charge in [-0.25, -0.2) is 0 Å². The highest BCUT2D eigenvalue weighted by molar-refractivity contribution is 6.05. The molecular formula is C21H23N3O3. The van der Waals surface area contributed by atoms with Crippen molar-refractivity contribution in [3.05, 3.63) is 59.4 Å². The molecule has 1 saturated heterocycles. The molecule has 140 valence electrons. The second-order valence-electron chi connectivity index (χ2n) is 6.73. The highest BCUT2D eigenvalue weighted by Gasteiger charge is 2.19. The smallest absolute Gasteiger partial charge is 0.274 e. The van der Waals surface area contributed by atoms with Gasteiger partial charge in [-0.1, -0.05) is 25.0 Å². The molecule has 0 spiro atoms. The number of Topliss-reactive ketones (excluding diaryl/α,β-unsaturated/α-hetero) is 1. The van der Waals surface area contributed by atoms with Crippen molar-refractivity contribution in [1.82, 2.24) is 9.88 Å². The molecule has 27 heavy (non-hydrogen) atoms. The van der Waals surface area contributed by atoms with Gasteiger partial charge >= 0.3 is 0 Å². The Morgan fingerprint density at radius 3 is 2.41 bits per heavy atom. The van der Waals surface area contributed by atoms with E-state index in [1.165, 1.54) is 19.2 Å². The van der Waals surface area contributed by atoms with E-state index in [9.17, 15) is 14.4 Å². The molecule has 0 unspecified atom stereocenters. The largest absolute Gasteiger partial charge is 0.339 e. The Labute approximate surface area is 158 Å². The number of carbonyl (C=O) groups is 3. The van der Waals surface area contributed by atoms with Crippen molar-refractivity contribution >= 4 is 23.3 Å². The van der Waals surface area contributed by atoms with Gasteiger partial charge in [0, 0.05) is 36.1 Å². The summed E-state index contributed by atoms with van der Waals surface area (Å²) in [6.07, 6.45) is 5.79. The van der Waals surface area contributed by atoms with Crippen LogP contribution in [0.25, 0.3) is 0 Å². The molecule has 1 fully saturated rings. The van der Waals surface area contributed by atoms with Gasteiger partial charge in [0.25, 0.3) is 11.8 Å². The minimum atomic E-state index is -0.416. The number of amides is 2. The van der Waals surface area contributed by atoms with Crippen LogP contribution in [0.2, 0.25) is 0 Å². The second kappa shape index (κ2) is 8.58. The average Bonchev–Trinajstić information content (AvgIpc) is 2.97. The summed E-state index contributed by atoms with van der Waals surface area (Å²) in [5.74, 6) is -0.553. The lowest BCUT2D eigenvalue weighted by Crippen LogP contribution is -2.32. The van der Waals surface area contributed by atoms with Crippen LogP contribution in [-0.4, -0.2) is 40.6 Å². The summed E-state index contributed by atoms with van der Waals surface area (Å²) in [5, 5.41) is 2.73. The van der Waals surface area contributed by atoms with Crippen molar-refractivity contribution < 1.29 is 14.4 Å². The fourth-order valence-electron chi connectivity index (χ4n) is 3.16. The van der Waals surface area contributed by atoms with Gasteiger partial charge in [-0.05, 0) is 44.0 Å². The number of anilines is 1. The Kier molecular flexibility index (Phi) is 5.96. The summed E-state index contributed by atoms with van der Waals surface area (Å²) >= 11 is 0. The zero-order valence-electron chi connectivity index (χ0n) is 15.4. The van der Waals surface area contributed by atoms with Crippen LogP contribution in [0.3, 0.4) is 0 Å². The Hall–Kier alpha value is -3.02. The van der Waals surface area contributed by atoms with Gasteiger partial charge in [0.15, 0.2) is 5.78 Å². The Bertz CT molecular complexity index is 855. The number of benzene rings is 1. The first-order valence-electron chi connectivity index (χ1n) is 9.22. The molecule has 1 N–H and O–H groups in total. The van der Waals surface area contributed by atoms with Gasteiger partial charge in [-0.15, -0.1) is 0 Å². The number of ketones is 1. The molecule has 1 aliphatic rings. The highest BCUT2D eigenvalue weighted by Crippen LogP contribution is 2.15. The van der Waals surface area contributed by atoms with E-state index in [2.05, 4.69) is 10.3 Å². The topological polar surface area (TPSA) is 79.4 Å². The van der Waals surface area contributed by atoms with Crippen molar-refractivity contribution in [1.29, 1.82) is 0 Å². The van der Waals surface area contributed by atoms with Crippen molar-refractivity contribution in [3.8, 4) is 0 Å². The van der Waals surface area contributed by atoms with E-state index in [-0.39, 0.29) is 17.4 Å². The van der Waals surface area contributed by atoms with Crippen LogP contribution in [0.4, 0.5) is 5.69 Å². The van der Waals surface area contributed by atoms with Gasteiger partial charge in [0.2, 0.25) is 0 Å². The zero-order chi connectivity index (χ0) is 19.2. The van der Waals surface area contributed by atoms with Crippen LogP contribution in [0, 0.1) is 0 Å². The summed E-state index contributed by atoms with van der Waals surface area (Å²) in [5.41, 5.74) is 1.67. The number of likely N-dealkylation sites (tertiary alicyclic amines) is 1. The molecule has 1 aromatic carbocycles. The molecule has 0 aliphatic carbocycles. The zero-order valence-corrected chi connectivity index (χ0v) is 15.4. The van der Waals surface area contributed by atoms with Crippen molar-refractivity contribution in [2.45, 2.75) is 32.6 Å². The highest BCUT2D eigenvalue weighted by atomic mass is 16.2. The van der Waals surface area contributed by atoms with E-state index in [4.69, 9.17) is 0 Å². The fourth-order valence-corrected chi connectivity index (χ4v) is 3.16. The van der Waals surface area contributed by atoms with E-state index in [1.807, 2.05) is 4.90 Å². The van der Waals surface area contributed by atoms with Crippen LogP contribution in [-0.2, 0) is 0 Å². The van der Waals surface area contributed by atoms with Gasteiger partial charge in [-0.3, -0.25) is 19.4 Å². The van der Waals surface area contributed by atoms with Crippen LogP contribution < -0.4 is 5.32 Å². The molecule has 6 heteroatoms. The third-order valence-electron chi connectivity index (χ3n) is 4.66. The molecule has 0 atom stereocenters. The summed E-state index contributed by atoms with van der Waals surface area (Å²) < 4.78 is 0. The van der Waals surface area contributed by atoms with E-state index in [0.717, 1.165) is 38.8 Å². The van der Waals surface area contributed by atoms with Crippen LogP contribution in [0.5, 0.6) is 0 Å². The summed E-state index contributed by atoms with van der Waals surface area (Å²) in [6, 6.07) is 9.89. The van der Waals surface area contributed by atoms with Crippen molar-refractivity contribution in [3.63, 3.8) is 0 Å². The molecule has 3 rings (SSSR count). The molecule has 1 aromatic heterocycles. The van der Waals surface area contributed by atoms with E-state index in [1.54, 1.807) is 30.3 Å². The average molecular weight is 365 g/mol. The van der Waals surface area contributed by atoms with E-state index < -0.39 is 5.91 Å². The first-order chi connectivity index (χ1) is 13.0. The second-order valence-corrected chi connectivity index (χ2v) is 6.73. The number of hydrogen-bond acceptors (Lipinski definition) is 4. The molecule has 0 radical (unpaired) electrons. The van der Waals surface area contributed by atoms with Gasteiger partial charge in [0.1, 0.15) is 5.69 Å². The molecular weight excluding hydrogens is 342 g/mol. The van der Waals surface area contributed by atoms with E-state index in [0.29, 0.717) is 16.8 Å². The fraction of sp³-hybridized carbons (Fsp3) is 0.333. The number of hydrogen-bond donors (Lipinski definition) is 1. The van der Waals surface area contributed by atoms with Gasteiger partial charge in [0.05, 0.1) is 0 Å². The number of carbonyl (C=O) groups excluding carboxylic acids is 3. The number of rotatable bonds is 4. The molecule has 6 nitrogen and oxygen atoms in total. The summed E-state index contributed by atoms with van der Waals surface area (Å²) in [4.78, 5) is 42.7. The van der Waals surface area contributed by atoms with Crippen molar-refractivity contribution in [2.24, 2.45) is 0 Å². The number of aromatic nitrogens is 1. The van der Waals surface area contributed by atoms with Crippen molar-refractivity contribution in [2.75, 3.05) is 18.4 Å². The van der Waals surface area contributed by atoms with Crippen LogP contribution in [0.1, 0.15) is 63.8 Å². The predicted octanol–water partition coefficient (Wildman–Crippen LogP) is 3.55. The third kappa shape index (κ3) is 4.78. The predicted molar refractivity (Wildman–Crippen MR) is 103 cm³/mol. The monoisotopic (exact) mass is 365 g/mol. The Balaban J connectivity index is 1.74. The molecule has 2 amide bonds. The summed E-state index contributed by atoms with van der Waals surface area (Å²) in [6.45, 7) is 2.97. The maximum atomic E-state index is 12.7. The standard InChI is InChI=1S/C21H23N3O3/c1-15(25)16-7-6-8-18(13-16)23-20(26)19-14-17(9-10-22-19)21(27)24-11-4-2-3-5-12-24/h6-10,13-14H,2-5,11-12H2,1H3,(H,23,26). The van der Waals surface area contributed by atoms with Gasteiger partial charge in [-0.2, -0.15) is 0 Å². The maximum absolute atomic E-state index is 12.7. The first kappa shape index (κ1) is 18.8. The molecule has 1 aliphatic heterocycles. The lowest BCUT2D eigenvalue weighted by molar-refractivity contribution is 0.0761. The van der Waals surface area contributed by atoms with Crippen LogP contribution in [0.15, 0.2) is 42.6 Å². The minimum Gasteiger partial charge on any atom is -0.339 e. The SMILES string of the molecule is CC(=O)c1cccc(NC(=O)c2cc(C(=O)N3CCCCCC3)ccn2)c1. The Morgan fingerprint density at radius 1 is 0.963 bits per heavy atom. The third-order valence-corrected chi connectivity index (χ3v) is 4.66. The maximum Gasteiger partial charge on any atom is 0.274 e. The molecule has 0 saturated carbocycles. The van der Waals surface area contributed by atoms with Gasteiger partial charge < -0.3 is 10.2 Å². The number of pyridine rings is 1. The minimum absolute atomic E-state index is 0.0630. The first-order valence-corrected chi connectivity index (χ1v) is 9.22. The molecule has 0 bridgehead atoms.